The average molecular weight is 745 g/mol. The Morgan fingerprint density at radius 1 is 1.08 bits per heavy atom. The number of carbonyl (C=O) groups is 4. The number of likely N-dealkylation sites (tertiary alicyclic amines) is 1. The summed E-state index contributed by atoms with van der Waals surface area (Å²) in [7, 11) is 1.51. The van der Waals surface area contributed by atoms with Crippen LogP contribution in [0.3, 0.4) is 0 Å². The Hall–Kier alpha value is -3.06. The maximum Gasteiger partial charge on any atom is 0.313 e. The van der Waals surface area contributed by atoms with E-state index in [9.17, 15) is 19.5 Å². The van der Waals surface area contributed by atoms with Gasteiger partial charge in [0, 0.05) is 30.6 Å². The predicted molar refractivity (Wildman–Crippen MR) is 186 cm³/mol. The van der Waals surface area contributed by atoms with Crippen molar-refractivity contribution in [2.24, 2.45) is 17.8 Å². The minimum Gasteiger partial charge on any atom is -0.455 e. The van der Waals surface area contributed by atoms with Gasteiger partial charge >= 0.3 is 5.97 Å². The maximum absolute atomic E-state index is 15.0. The van der Waals surface area contributed by atoms with E-state index in [4.69, 9.17) is 14.2 Å². The highest BCUT2D eigenvalue weighted by molar-refractivity contribution is 9.11. The number of methoxy groups -OCH3 is 1. The van der Waals surface area contributed by atoms with Crippen LogP contribution in [0, 0.1) is 17.8 Å². The second-order valence-electron chi connectivity index (χ2n) is 13.7. The van der Waals surface area contributed by atoms with Crippen molar-refractivity contribution < 1.29 is 38.5 Å². The molecule has 1 aromatic rings. The number of benzene rings is 1. The first-order chi connectivity index (χ1) is 23.5. The molecule has 5 rings (SSSR count). The lowest BCUT2D eigenvalue weighted by molar-refractivity contribution is -0.163. The number of halogens is 1. The number of aliphatic hydroxyl groups excluding tert-OH is 1. The molecule has 0 aromatic heterocycles. The lowest BCUT2D eigenvalue weighted by atomic mass is 9.74. The highest BCUT2D eigenvalue weighted by Gasteiger charge is 2.75. The fraction of sp³-hybridized carbons (Fsp3) is 0.622. The van der Waals surface area contributed by atoms with Crippen LogP contribution in [-0.2, 0) is 33.4 Å². The number of hydrogen-bond acceptors (Lipinski definition) is 8. The molecule has 0 aliphatic carbocycles. The third-order valence-corrected chi connectivity index (χ3v) is 11.4. The minimum atomic E-state index is -1.47. The smallest absolute Gasteiger partial charge is 0.313 e. The van der Waals surface area contributed by atoms with Crippen LogP contribution >= 0.6 is 15.9 Å². The van der Waals surface area contributed by atoms with Crippen LogP contribution in [0.1, 0.15) is 71.5 Å². The number of ether oxygens (including phenoxy) is 3. The highest BCUT2D eigenvalue weighted by Crippen LogP contribution is 2.59. The molecule has 1 unspecified atom stereocenters. The zero-order valence-corrected chi connectivity index (χ0v) is 30.6. The molecule has 268 valence electrons. The van der Waals surface area contributed by atoms with Gasteiger partial charge in [-0.2, -0.15) is 0 Å². The molecule has 1 spiro atoms. The zero-order valence-electron chi connectivity index (χ0n) is 29.0. The number of nitrogens with one attached hydrogen (secondary N) is 1. The molecule has 11 nitrogen and oxygen atoms in total. The van der Waals surface area contributed by atoms with Gasteiger partial charge < -0.3 is 34.4 Å². The van der Waals surface area contributed by atoms with E-state index in [2.05, 4.69) is 28.2 Å². The Bertz CT molecular complexity index is 1440. The van der Waals surface area contributed by atoms with Gasteiger partial charge in [-0.3, -0.25) is 19.2 Å². The van der Waals surface area contributed by atoms with Crippen LogP contribution in [0.4, 0.5) is 0 Å². The number of fused-ring (bicyclic) bond motifs is 2. The predicted octanol–water partition coefficient (Wildman–Crippen LogP) is 4.05. The number of nitrogens with zero attached hydrogens (tertiary/aromatic N) is 2. The molecule has 0 saturated carbocycles. The second-order valence-corrected chi connectivity index (χ2v) is 14.7. The Morgan fingerprint density at radius 2 is 1.82 bits per heavy atom. The number of rotatable bonds is 10. The van der Waals surface area contributed by atoms with Gasteiger partial charge in [0.1, 0.15) is 29.8 Å². The standard InChI is InChI=1S/C37H50BrN3O8/c1-6-14-23(4)40-18-13-9-12-17-28(43)39-26(21-47-5)31(24-15-10-8-11-16-24)48-36(46)29-30-34(44)41(27(20-42)22(3)7-2)33(35(40)45)37(30)19-25(38)32(29)49-37/h8-11,13,15-16,19,22-23,26-27,29-33,42H,6-7,12,14,17-18,20-21H2,1-5H3,(H,39,43)/b13-9-/t22-,23?,26+,27-,29-,30+,31+,32-,33-,37+/m0/s1. The monoisotopic (exact) mass is 743 g/mol. The summed E-state index contributed by atoms with van der Waals surface area (Å²) in [6.45, 7) is 7.94. The Labute approximate surface area is 297 Å². The summed E-state index contributed by atoms with van der Waals surface area (Å²) < 4.78 is 19.1. The first-order valence-corrected chi connectivity index (χ1v) is 18.3. The topological polar surface area (TPSA) is 135 Å². The van der Waals surface area contributed by atoms with Gasteiger partial charge in [-0.1, -0.05) is 92.0 Å². The molecule has 4 aliphatic rings. The number of cyclic esters (lactones) is 1. The number of amides is 3. The molecule has 2 N–H and O–H groups in total. The van der Waals surface area contributed by atoms with Crippen LogP contribution in [0.5, 0.6) is 0 Å². The van der Waals surface area contributed by atoms with Crippen LogP contribution in [0.25, 0.3) is 0 Å². The molecular weight excluding hydrogens is 694 g/mol. The van der Waals surface area contributed by atoms with Gasteiger partial charge in [0.25, 0.3) is 0 Å². The Balaban J connectivity index is 1.67. The minimum absolute atomic E-state index is 0.0661. The van der Waals surface area contributed by atoms with E-state index in [-0.39, 0.29) is 50.0 Å². The van der Waals surface area contributed by atoms with Crippen molar-refractivity contribution in [2.75, 3.05) is 26.9 Å². The molecule has 1 aromatic carbocycles. The molecule has 49 heavy (non-hydrogen) atoms. The first kappa shape index (κ1) is 37.2. The van der Waals surface area contributed by atoms with Gasteiger partial charge in [0.05, 0.1) is 31.2 Å². The van der Waals surface area contributed by atoms with Crippen LogP contribution < -0.4 is 5.32 Å². The molecule has 4 heterocycles. The molecule has 0 radical (unpaired) electrons. The van der Waals surface area contributed by atoms with Crippen molar-refractivity contribution in [2.45, 2.75) is 102 Å². The van der Waals surface area contributed by atoms with Gasteiger partial charge in [0.2, 0.25) is 17.7 Å². The van der Waals surface area contributed by atoms with Crippen LogP contribution in [-0.4, -0.2) is 101 Å². The normalized spacial score (nSPS) is 33.1. The lowest BCUT2D eigenvalue weighted by Gasteiger charge is -2.41. The van der Waals surface area contributed by atoms with Crippen molar-refractivity contribution in [3.05, 3.63) is 58.6 Å². The molecule has 2 saturated heterocycles. The summed E-state index contributed by atoms with van der Waals surface area (Å²) in [4.78, 5) is 60.9. The van der Waals surface area contributed by atoms with Crippen LogP contribution in [0.15, 0.2) is 53.0 Å². The number of esters is 1. The average Bonchev–Trinajstić information content (AvgIpc) is 3.68. The molecule has 12 heteroatoms. The quantitative estimate of drug-likeness (QED) is 0.271. The van der Waals surface area contributed by atoms with E-state index >= 15 is 4.79 Å². The molecule has 2 fully saturated rings. The SMILES string of the molecule is CCCC(C)N1C/C=C\CCC(=O)N[C@H](COC)[C@@H](c2ccccc2)OC(=O)[C@@H]2[C@H]3O[C@@]4(C=C3Br)[C@H](C1=O)N([C@@H](CO)[C@@H](C)CC)C(=O)[C@@H]24. The third-order valence-electron chi connectivity index (χ3n) is 10.7. The number of allylic oxidation sites excluding steroid dienone is 1. The van der Waals surface area contributed by atoms with Crippen LogP contribution in [0.2, 0.25) is 0 Å². The molecule has 3 amide bonds. The summed E-state index contributed by atoms with van der Waals surface area (Å²) >= 11 is 3.62. The fourth-order valence-corrected chi connectivity index (χ4v) is 8.74. The first-order valence-electron chi connectivity index (χ1n) is 17.5. The summed E-state index contributed by atoms with van der Waals surface area (Å²) in [6, 6.07) is 6.41. The Kier molecular flexibility index (Phi) is 12.0. The molecule has 10 atom stereocenters. The number of aliphatic hydroxyl groups is 1. The Morgan fingerprint density at radius 3 is 2.47 bits per heavy atom. The van der Waals surface area contributed by atoms with Crippen molar-refractivity contribution in [1.29, 1.82) is 0 Å². The van der Waals surface area contributed by atoms with Crippen molar-refractivity contribution in [1.82, 2.24) is 15.1 Å². The van der Waals surface area contributed by atoms with E-state index in [0.29, 0.717) is 22.9 Å². The summed E-state index contributed by atoms with van der Waals surface area (Å²) in [6.07, 6.45) is 6.59. The zero-order chi connectivity index (χ0) is 35.5. The lowest BCUT2D eigenvalue weighted by Crippen LogP contribution is -2.60. The summed E-state index contributed by atoms with van der Waals surface area (Å²) in [5, 5.41) is 13.8. The van der Waals surface area contributed by atoms with Gasteiger partial charge in [-0.15, -0.1) is 0 Å². The maximum atomic E-state index is 15.0. The van der Waals surface area contributed by atoms with E-state index < -0.39 is 59.6 Å². The van der Waals surface area contributed by atoms with Gasteiger partial charge in [-0.05, 0) is 37.3 Å². The molecule has 5 bridgehead atoms. The number of hydrogen-bond donors (Lipinski definition) is 2. The molecular formula is C37H50BrN3O8. The summed E-state index contributed by atoms with van der Waals surface area (Å²) in [5.41, 5.74) is -0.818. The third kappa shape index (κ3) is 6.98. The van der Waals surface area contributed by atoms with Gasteiger partial charge in [0.15, 0.2) is 0 Å². The van der Waals surface area contributed by atoms with Crippen molar-refractivity contribution in [3.63, 3.8) is 0 Å². The summed E-state index contributed by atoms with van der Waals surface area (Å²) in [5.74, 6) is -3.95. The van der Waals surface area contributed by atoms with E-state index in [0.717, 1.165) is 12.8 Å². The highest BCUT2D eigenvalue weighted by atomic mass is 79.9. The number of carbonyl (C=O) groups excluding carboxylic acids is 4. The van der Waals surface area contributed by atoms with Crippen molar-refractivity contribution in [3.8, 4) is 0 Å². The molecule has 4 aliphatic heterocycles. The van der Waals surface area contributed by atoms with E-state index in [1.807, 2.05) is 63.3 Å². The van der Waals surface area contributed by atoms with Gasteiger partial charge in [-0.25, -0.2) is 0 Å². The fourth-order valence-electron chi connectivity index (χ4n) is 8.01. The van der Waals surface area contributed by atoms with Crippen molar-refractivity contribution >= 4 is 39.6 Å². The van der Waals surface area contributed by atoms with E-state index in [1.165, 1.54) is 12.0 Å². The van der Waals surface area contributed by atoms with E-state index in [1.54, 1.807) is 11.0 Å². The largest absolute Gasteiger partial charge is 0.455 e. The second kappa shape index (κ2) is 15.9.